The number of amides is 1. The number of nitrogens with one attached hydrogen (secondary N) is 1. The number of thioether (sulfide) groups is 1. The second-order valence-corrected chi connectivity index (χ2v) is 10.4. The Balaban J connectivity index is 1.49. The van der Waals surface area contributed by atoms with Crippen molar-refractivity contribution in [1.29, 1.82) is 0 Å². The molecule has 4 aromatic rings. The number of benzene rings is 2. The Labute approximate surface area is 224 Å². The van der Waals surface area contributed by atoms with Crippen LogP contribution in [-0.2, 0) is 17.8 Å². The minimum Gasteiger partial charge on any atom is -0.436 e. The summed E-state index contributed by atoms with van der Waals surface area (Å²) in [7, 11) is 0. The predicted molar refractivity (Wildman–Crippen MR) is 146 cm³/mol. The number of ether oxygens (including phenoxy) is 1. The number of anilines is 1. The molecule has 0 atom stereocenters. The van der Waals surface area contributed by atoms with E-state index in [2.05, 4.69) is 16.4 Å². The number of aromatic nitrogens is 3. The van der Waals surface area contributed by atoms with Gasteiger partial charge < -0.3 is 15.2 Å². The Morgan fingerprint density at radius 3 is 2.62 bits per heavy atom. The molecule has 188 valence electrons. The number of fused-ring (bicyclic) bond motifs is 2. The van der Waals surface area contributed by atoms with Crippen LogP contribution in [0.5, 0.6) is 11.6 Å². The number of aliphatic hydroxyl groups is 1. The highest BCUT2D eigenvalue weighted by molar-refractivity contribution is 8.00. The second-order valence-electron chi connectivity index (χ2n) is 8.97. The first-order valence-corrected chi connectivity index (χ1v) is 13.1. The number of rotatable bonds is 6. The third-order valence-corrected chi connectivity index (χ3v) is 7.24. The van der Waals surface area contributed by atoms with Gasteiger partial charge in [0.15, 0.2) is 11.6 Å². The normalized spacial score (nSPS) is 11.9. The largest absolute Gasteiger partial charge is 0.436 e. The van der Waals surface area contributed by atoms with Crippen molar-refractivity contribution in [2.45, 2.75) is 38.8 Å². The van der Waals surface area contributed by atoms with Crippen molar-refractivity contribution in [3.05, 3.63) is 87.2 Å². The van der Waals surface area contributed by atoms with Gasteiger partial charge in [-0.3, -0.25) is 9.78 Å². The van der Waals surface area contributed by atoms with Crippen LogP contribution in [0.2, 0.25) is 5.02 Å². The zero-order valence-corrected chi connectivity index (χ0v) is 22.2. The maximum absolute atomic E-state index is 12.9. The monoisotopic (exact) mass is 532 g/mol. The van der Waals surface area contributed by atoms with Crippen LogP contribution in [0, 0.1) is 20.8 Å². The molecule has 1 aliphatic rings. The van der Waals surface area contributed by atoms with E-state index in [0.717, 1.165) is 33.5 Å². The van der Waals surface area contributed by atoms with E-state index in [-0.39, 0.29) is 18.3 Å². The van der Waals surface area contributed by atoms with Crippen LogP contribution in [0.1, 0.15) is 33.5 Å². The number of aryl methyl sites for hydroxylation is 3. The average molecular weight is 533 g/mol. The average Bonchev–Trinajstić information content (AvgIpc) is 2.86. The van der Waals surface area contributed by atoms with Gasteiger partial charge >= 0.3 is 0 Å². The molecule has 2 N–H and O–H groups in total. The Bertz CT molecular complexity index is 1510. The maximum atomic E-state index is 12.9. The maximum Gasteiger partial charge on any atom is 0.234 e. The smallest absolute Gasteiger partial charge is 0.234 e. The summed E-state index contributed by atoms with van der Waals surface area (Å²) in [5.41, 5.74) is 6.69. The molecule has 0 fully saturated rings. The van der Waals surface area contributed by atoms with Crippen molar-refractivity contribution in [2.75, 3.05) is 11.1 Å². The van der Waals surface area contributed by atoms with Gasteiger partial charge in [-0.1, -0.05) is 41.6 Å². The first-order chi connectivity index (χ1) is 17.8. The van der Waals surface area contributed by atoms with Crippen LogP contribution in [0.4, 0.5) is 5.69 Å². The first-order valence-electron chi connectivity index (χ1n) is 11.7. The number of halogens is 1. The molecule has 2 aromatic carbocycles. The number of hydrogen-bond acceptors (Lipinski definition) is 7. The molecule has 9 heteroatoms. The van der Waals surface area contributed by atoms with E-state index < -0.39 is 0 Å². The van der Waals surface area contributed by atoms with Gasteiger partial charge in [-0.05, 0) is 56.2 Å². The van der Waals surface area contributed by atoms with Crippen LogP contribution in [0.3, 0.4) is 0 Å². The van der Waals surface area contributed by atoms with Crippen molar-refractivity contribution < 1.29 is 14.6 Å². The summed E-state index contributed by atoms with van der Waals surface area (Å²) < 4.78 is 6.24. The SMILES string of the molecule is Cc1cc(C)cc(NC(=O)CSc2nc(-c3cccc(Cl)c3)nc3c2Cc2c(CO)cnc(C)c2O3)c1. The Kier molecular flexibility index (Phi) is 7.15. The van der Waals surface area contributed by atoms with Crippen molar-refractivity contribution in [2.24, 2.45) is 0 Å². The predicted octanol–water partition coefficient (Wildman–Crippen LogP) is 6.04. The lowest BCUT2D eigenvalue weighted by atomic mass is 9.99. The van der Waals surface area contributed by atoms with Crippen molar-refractivity contribution in [1.82, 2.24) is 15.0 Å². The second kappa shape index (κ2) is 10.5. The Hall–Kier alpha value is -3.46. The summed E-state index contributed by atoms with van der Waals surface area (Å²) in [6.45, 7) is 5.70. The zero-order valence-electron chi connectivity index (χ0n) is 20.6. The highest BCUT2D eigenvalue weighted by atomic mass is 35.5. The molecule has 5 rings (SSSR count). The number of aliphatic hydroxyl groups excluding tert-OH is 1. The number of pyridine rings is 1. The molecule has 1 aliphatic heterocycles. The molecule has 0 aliphatic carbocycles. The fourth-order valence-corrected chi connectivity index (χ4v) is 5.36. The molecular formula is C28H25ClN4O3S. The first kappa shape index (κ1) is 25.2. The summed E-state index contributed by atoms with van der Waals surface area (Å²) in [4.78, 5) is 26.7. The van der Waals surface area contributed by atoms with Gasteiger partial charge in [0.05, 0.1) is 23.6 Å². The summed E-state index contributed by atoms with van der Waals surface area (Å²) in [5, 5.41) is 14.1. The van der Waals surface area contributed by atoms with E-state index in [1.54, 1.807) is 18.3 Å². The summed E-state index contributed by atoms with van der Waals surface area (Å²) >= 11 is 7.55. The molecule has 0 saturated carbocycles. The standard InChI is InChI=1S/C28H25ClN4O3S/c1-15-7-16(2)9-21(8-15)31-24(35)14-37-28-23-11-22-19(13-34)12-30-17(3)25(22)36-27(23)32-26(33-28)18-5-4-6-20(29)10-18/h4-10,12,34H,11,13-14H2,1-3H3,(H,31,35). The van der Waals surface area contributed by atoms with E-state index in [1.165, 1.54) is 11.8 Å². The van der Waals surface area contributed by atoms with Crippen molar-refractivity contribution in [3.8, 4) is 23.0 Å². The molecule has 2 aromatic heterocycles. The number of carbonyl (C=O) groups is 1. The van der Waals surface area contributed by atoms with Crippen molar-refractivity contribution >= 4 is 35.0 Å². The topological polar surface area (TPSA) is 97.2 Å². The molecule has 3 heterocycles. The molecule has 0 unspecified atom stereocenters. The molecule has 37 heavy (non-hydrogen) atoms. The van der Waals surface area contributed by atoms with Gasteiger partial charge in [-0.15, -0.1) is 0 Å². The van der Waals surface area contributed by atoms with Crippen LogP contribution >= 0.6 is 23.4 Å². The lowest BCUT2D eigenvalue weighted by Crippen LogP contribution is -2.16. The minimum absolute atomic E-state index is 0.139. The third kappa shape index (κ3) is 5.46. The van der Waals surface area contributed by atoms with Crippen LogP contribution in [0.15, 0.2) is 53.7 Å². The number of hydrogen-bond donors (Lipinski definition) is 2. The van der Waals surface area contributed by atoms with E-state index in [9.17, 15) is 9.90 Å². The Morgan fingerprint density at radius 1 is 1.11 bits per heavy atom. The zero-order chi connectivity index (χ0) is 26.1. The minimum atomic E-state index is -0.156. The highest BCUT2D eigenvalue weighted by Gasteiger charge is 2.28. The summed E-state index contributed by atoms with van der Waals surface area (Å²) in [6.07, 6.45) is 2.12. The van der Waals surface area contributed by atoms with Crippen LogP contribution < -0.4 is 10.1 Å². The molecule has 0 bridgehead atoms. The molecule has 0 spiro atoms. The summed E-state index contributed by atoms with van der Waals surface area (Å²) in [5.74, 6) is 1.47. The molecule has 0 saturated heterocycles. The van der Waals surface area contributed by atoms with E-state index in [1.807, 2.05) is 45.0 Å². The van der Waals surface area contributed by atoms with Gasteiger partial charge in [0.2, 0.25) is 11.8 Å². The molecule has 1 amide bonds. The Morgan fingerprint density at radius 2 is 1.89 bits per heavy atom. The van der Waals surface area contributed by atoms with Gasteiger partial charge in [-0.25, -0.2) is 4.98 Å². The van der Waals surface area contributed by atoms with Crippen LogP contribution in [-0.4, -0.2) is 31.7 Å². The fraction of sp³-hybridized carbons (Fsp3) is 0.214. The van der Waals surface area contributed by atoms with Crippen LogP contribution in [0.25, 0.3) is 11.4 Å². The highest BCUT2D eigenvalue weighted by Crippen LogP contribution is 2.42. The number of nitrogens with zero attached hydrogens (tertiary/aromatic N) is 3. The van der Waals surface area contributed by atoms with E-state index in [4.69, 9.17) is 26.3 Å². The molecule has 7 nitrogen and oxygen atoms in total. The van der Waals surface area contributed by atoms with Gasteiger partial charge in [0.1, 0.15) is 5.03 Å². The van der Waals surface area contributed by atoms with Gasteiger partial charge in [0.25, 0.3) is 0 Å². The van der Waals surface area contributed by atoms with E-state index in [0.29, 0.717) is 45.2 Å². The lowest BCUT2D eigenvalue weighted by Gasteiger charge is -2.24. The summed E-state index contributed by atoms with van der Waals surface area (Å²) in [6, 6.07) is 13.2. The van der Waals surface area contributed by atoms with E-state index >= 15 is 0 Å². The molecule has 0 radical (unpaired) electrons. The third-order valence-electron chi connectivity index (χ3n) is 5.99. The van der Waals surface area contributed by atoms with Gasteiger partial charge in [-0.2, -0.15) is 4.98 Å². The van der Waals surface area contributed by atoms with Crippen molar-refractivity contribution in [3.63, 3.8) is 0 Å². The fourth-order valence-electron chi connectivity index (χ4n) is 4.35. The lowest BCUT2D eigenvalue weighted by molar-refractivity contribution is -0.113. The van der Waals surface area contributed by atoms with Gasteiger partial charge in [0, 0.05) is 40.0 Å². The quantitative estimate of drug-likeness (QED) is 0.203. The molecular weight excluding hydrogens is 508 g/mol. The number of carbonyl (C=O) groups excluding carboxylic acids is 1.